The van der Waals surface area contributed by atoms with Crippen LogP contribution in [0.5, 0.6) is 0 Å². The molecule has 1 aliphatic heterocycles. The number of unbranched alkanes of at least 4 members (excludes halogenated alkanes) is 11. The van der Waals surface area contributed by atoms with Gasteiger partial charge < -0.3 is 19.7 Å². The Morgan fingerprint density at radius 3 is 1.62 bits per heavy atom. The first-order valence-electron chi connectivity index (χ1n) is 11.0. The van der Waals surface area contributed by atoms with Gasteiger partial charge in [0.15, 0.2) is 6.29 Å². The monoisotopic (exact) mass is 370 g/mol. The molecule has 1 heterocycles. The third-order valence-electron chi connectivity index (χ3n) is 5.13. The number of aliphatic hydroxyl groups is 2. The molecule has 0 saturated carbocycles. The molecule has 0 aliphatic carbocycles. The molecule has 1 rings (SSSR count). The van der Waals surface area contributed by atoms with Crippen molar-refractivity contribution in [1.82, 2.24) is 0 Å². The Hall–Kier alpha value is -0.420. The second kappa shape index (κ2) is 16.7. The lowest BCUT2D eigenvalue weighted by Crippen LogP contribution is -2.29. The van der Waals surface area contributed by atoms with Gasteiger partial charge in [-0.15, -0.1) is 0 Å². The van der Waals surface area contributed by atoms with Crippen molar-refractivity contribution in [2.45, 2.75) is 115 Å². The molecule has 4 nitrogen and oxygen atoms in total. The molecular weight excluding hydrogens is 328 g/mol. The van der Waals surface area contributed by atoms with Crippen LogP contribution >= 0.6 is 0 Å². The van der Waals surface area contributed by atoms with Crippen molar-refractivity contribution in [3.63, 3.8) is 0 Å². The predicted molar refractivity (Wildman–Crippen MR) is 107 cm³/mol. The van der Waals surface area contributed by atoms with Crippen LogP contribution in [0.25, 0.3) is 0 Å². The van der Waals surface area contributed by atoms with Crippen molar-refractivity contribution in [2.75, 3.05) is 13.2 Å². The van der Waals surface area contributed by atoms with Gasteiger partial charge in [0.2, 0.25) is 0 Å². The SMILES string of the molecule is CCCCCCCC/C=C\CCCCCCC[C@@H]1OC(CO)[C@H](CO)O1. The maximum atomic E-state index is 9.17. The summed E-state index contributed by atoms with van der Waals surface area (Å²) in [6, 6.07) is 0. The highest BCUT2D eigenvalue weighted by Crippen LogP contribution is 2.23. The molecule has 0 spiro atoms. The van der Waals surface area contributed by atoms with Crippen molar-refractivity contribution < 1.29 is 19.7 Å². The summed E-state index contributed by atoms with van der Waals surface area (Å²) in [6.07, 6.45) is 21.4. The van der Waals surface area contributed by atoms with Gasteiger partial charge in [-0.25, -0.2) is 0 Å². The van der Waals surface area contributed by atoms with E-state index in [2.05, 4.69) is 19.1 Å². The normalized spacial score (nSPS) is 23.3. The van der Waals surface area contributed by atoms with Crippen LogP contribution in [-0.2, 0) is 9.47 Å². The fraction of sp³-hybridized carbons (Fsp3) is 0.909. The van der Waals surface area contributed by atoms with Crippen molar-refractivity contribution in [3.05, 3.63) is 12.2 Å². The smallest absolute Gasteiger partial charge is 0.158 e. The van der Waals surface area contributed by atoms with E-state index in [1.165, 1.54) is 77.0 Å². The van der Waals surface area contributed by atoms with Crippen molar-refractivity contribution in [3.8, 4) is 0 Å². The molecular formula is C22H42O4. The molecule has 0 aromatic heterocycles. The van der Waals surface area contributed by atoms with Gasteiger partial charge in [-0.1, -0.05) is 70.4 Å². The Balaban J connectivity index is 1.83. The standard InChI is InChI=1S/C22H42O4/c1-2-3-4-5-6-7-8-9-10-11-12-13-14-15-16-17-22-25-20(18-23)21(19-24)26-22/h9-10,20-24H,2-8,11-19H2,1H3/b10-9-/t20-,21?,22-/m0/s1. The fourth-order valence-corrected chi connectivity index (χ4v) is 3.44. The quantitative estimate of drug-likeness (QED) is 0.276. The molecule has 2 N–H and O–H groups in total. The number of hydrogen-bond donors (Lipinski definition) is 2. The zero-order valence-electron chi connectivity index (χ0n) is 16.9. The molecule has 0 aromatic rings. The summed E-state index contributed by atoms with van der Waals surface area (Å²) in [5, 5.41) is 18.3. The minimum Gasteiger partial charge on any atom is -0.394 e. The van der Waals surface area contributed by atoms with Gasteiger partial charge in [-0.05, 0) is 38.5 Å². The molecule has 1 saturated heterocycles. The van der Waals surface area contributed by atoms with Gasteiger partial charge in [-0.2, -0.15) is 0 Å². The van der Waals surface area contributed by atoms with Gasteiger partial charge in [0.25, 0.3) is 0 Å². The zero-order chi connectivity index (χ0) is 18.9. The predicted octanol–water partition coefficient (Wildman–Crippen LogP) is 5.12. The van der Waals surface area contributed by atoms with E-state index < -0.39 is 0 Å². The Bertz CT molecular complexity index is 320. The lowest BCUT2D eigenvalue weighted by Gasteiger charge is -2.09. The minimum atomic E-state index is -0.367. The molecule has 0 aromatic carbocycles. The second-order valence-electron chi connectivity index (χ2n) is 7.52. The summed E-state index contributed by atoms with van der Waals surface area (Å²) in [5.74, 6) is 0. The Morgan fingerprint density at radius 1 is 0.654 bits per heavy atom. The van der Waals surface area contributed by atoms with Gasteiger partial charge >= 0.3 is 0 Å². The van der Waals surface area contributed by atoms with Gasteiger partial charge in [-0.3, -0.25) is 0 Å². The average molecular weight is 371 g/mol. The Morgan fingerprint density at radius 2 is 1.12 bits per heavy atom. The van der Waals surface area contributed by atoms with Crippen LogP contribution < -0.4 is 0 Å². The number of allylic oxidation sites excluding steroid dienone is 2. The molecule has 1 fully saturated rings. The third-order valence-corrected chi connectivity index (χ3v) is 5.13. The first-order valence-corrected chi connectivity index (χ1v) is 11.0. The van der Waals surface area contributed by atoms with E-state index in [4.69, 9.17) is 19.7 Å². The van der Waals surface area contributed by atoms with Crippen molar-refractivity contribution in [1.29, 1.82) is 0 Å². The summed E-state index contributed by atoms with van der Waals surface area (Å²) >= 11 is 0. The van der Waals surface area contributed by atoms with Crippen LogP contribution in [0.4, 0.5) is 0 Å². The molecule has 1 unspecified atom stereocenters. The Kier molecular flexibility index (Phi) is 15.2. The lowest BCUT2D eigenvalue weighted by molar-refractivity contribution is -0.0793. The molecule has 26 heavy (non-hydrogen) atoms. The molecule has 0 amide bonds. The summed E-state index contributed by atoms with van der Waals surface area (Å²) in [7, 11) is 0. The average Bonchev–Trinajstić information content (AvgIpc) is 3.07. The van der Waals surface area contributed by atoms with E-state index in [9.17, 15) is 0 Å². The number of aliphatic hydroxyl groups excluding tert-OH is 2. The molecule has 3 atom stereocenters. The highest BCUT2D eigenvalue weighted by molar-refractivity contribution is 4.81. The number of rotatable bonds is 17. The lowest BCUT2D eigenvalue weighted by atomic mass is 10.1. The van der Waals surface area contributed by atoms with Crippen LogP contribution in [0.15, 0.2) is 12.2 Å². The number of ether oxygens (including phenoxy) is 2. The molecule has 0 radical (unpaired) electrons. The summed E-state index contributed by atoms with van der Waals surface area (Å²) in [6.45, 7) is 2.09. The van der Waals surface area contributed by atoms with Crippen molar-refractivity contribution in [2.24, 2.45) is 0 Å². The van der Waals surface area contributed by atoms with Gasteiger partial charge in [0.05, 0.1) is 13.2 Å². The van der Waals surface area contributed by atoms with E-state index in [1.54, 1.807) is 0 Å². The summed E-state index contributed by atoms with van der Waals surface area (Å²) in [4.78, 5) is 0. The minimum absolute atomic E-state index is 0.0892. The Labute approximate surface area is 161 Å². The van der Waals surface area contributed by atoms with Crippen LogP contribution in [0, 0.1) is 0 Å². The molecule has 1 aliphatic rings. The van der Waals surface area contributed by atoms with Gasteiger partial charge in [0, 0.05) is 0 Å². The van der Waals surface area contributed by atoms with Crippen LogP contribution in [0.2, 0.25) is 0 Å². The maximum absolute atomic E-state index is 9.17. The summed E-state index contributed by atoms with van der Waals surface area (Å²) < 4.78 is 11.2. The third kappa shape index (κ3) is 11.3. The highest BCUT2D eigenvalue weighted by atomic mass is 16.7. The summed E-state index contributed by atoms with van der Waals surface area (Å²) in [5.41, 5.74) is 0. The first kappa shape index (κ1) is 23.6. The van der Waals surface area contributed by atoms with Crippen molar-refractivity contribution >= 4 is 0 Å². The first-order chi connectivity index (χ1) is 12.8. The largest absolute Gasteiger partial charge is 0.394 e. The van der Waals surface area contributed by atoms with Gasteiger partial charge in [0.1, 0.15) is 12.2 Å². The van der Waals surface area contributed by atoms with E-state index in [0.29, 0.717) is 0 Å². The highest BCUT2D eigenvalue weighted by Gasteiger charge is 2.34. The molecule has 154 valence electrons. The number of hydrogen-bond acceptors (Lipinski definition) is 4. The van der Waals surface area contributed by atoms with Crippen LogP contribution in [-0.4, -0.2) is 41.9 Å². The van der Waals surface area contributed by atoms with E-state index in [1.807, 2.05) is 0 Å². The maximum Gasteiger partial charge on any atom is 0.158 e. The van der Waals surface area contributed by atoms with Crippen LogP contribution in [0.3, 0.4) is 0 Å². The molecule has 0 bridgehead atoms. The molecule has 4 heteroatoms. The van der Waals surface area contributed by atoms with E-state index >= 15 is 0 Å². The van der Waals surface area contributed by atoms with E-state index in [-0.39, 0.29) is 31.7 Å². The zero-order valence-corrected chi connectivity index (χ0v) is 16.9. The van der Waals surface area contributed by atoms with E-state index in [0.717, 1.165) is 12.8 Å². The topological polar surface area (TPSA) is 58.9 Å². The van der Waals surface area contributed by atoms with Crippen LogP contribution in [0.1, 0.15) is 96.8 Å². The second-order valence-corrected chi connectivity index (χ2v) is 7.52. The fourth-order valence-electron chi connectivity index (χ4n) is 3.44.